The van der Waals surface area contributed by atoms with Crippen LogP contribution in [0.3, 0.4) is 0 Å². The van der Waals surface area contributed by atoms with Crippen molar-refractivity contribution in [2.24, 2.45) is 0 Å². The van der Waals surface area contributed by atoms with E-state index in [1.807, 2.05) is 0 Å². The predicted molar refractivity (Wildman–Crippen MR) is 138 cm³/mol. The summed E-state index contributed by atoms with van der Waals surface area (Å²) in [5.41, 5.74) is 1.24. The van der Waals surface area contributed by atoms with Crippen LogP contribution in [0.2, 0.25) is 0 Å². The Bertz CT molecular complexity index is 931. The average Bonchev–Trinajstić information content (AvgIpc) is 2.87. The van der Waals surface area contributed by atoms with Gasteiger partial charge in [0.25, 0.3) is 0 Å². The van der Waals surface area contributed by atoms with Gasteiger partial charge in [0.15, 0.2) is 0 Å². The number of halogens is 3. The van der Waals surface area contributed by atoms with E-state index in [0.29, 0.717) is 5.69 Å². The van der Waals surface area contributed by atoms with Gasteiger partial charge in [0.2, 0.25) is 0 Å². The van der Waals surface area contributed by atoms with Crippen LogP contribution in [-0.2, 0) is 6.18 Å². The molecule has 2 saturated heterocycles. The molecule has 4 nitrogen and oxygen atoms in total. The number of hydrogen-bond acceptors (Lipinski definition) is 5. The Hall–Kier alpha value is -1.48. The van der Waals surface area contributed by atoms with Gasteiger partial charge in [-0.2, -0.15) is 13.2 Å². The van der Waals surface area contributed by atoms with E-state index < -0.39 is 11.7 Å². The summed E-state index contributed by atoms with van der Waals surface area (Å²) in [5, 5.41) is 0. The zero-order valence-corrected chi connectivity index (χ0v) is 21.3. The van der Waals surface area contributed by atoms with Gasteiger partial charge < -0.3 is 14.7 Å². The third-order valence-corrected chi connectivity index (χ3v) is 8.84. The summed E-state index contributed by atoms with van der Waals surface area (Å²) in [6.45, 7) is 11.0. The number of anilines is 1. The zero-order valence-electron chi connectivity index (χ0n) is 20.5. The third kappa shape index (κ3) is 6.27. The fourth-order valence-electron chi connectivity index (χ4n) is 5.61. The molecule has 5 rings (SSSR count). The highest BCUT2D eigenvalue weighted by atomic mass is 32.2. The first-order valence-corrected chi connectivity index (χ1v) is 14.0. The molecule has 0 spiro atoms. The van der Waals surface area contributed by atoms with Crippen LogP contribution in [-0.4, -0.2) is 80.1 Å². The van der Waals surface area contributed by atoms with E-state index >= 15 is 0 Å². The van der Waals surface area contributed by atoms with Gasteiger partial charge in [-0.15, -0.1) is 0 Å². The van der Waals surface area contributed by atoms with E-state index in [1.54, 1.807) is 17.8 Å². The van der Waals surface area contributed by atoms with Gasteiger partial charge in [-0.05, 0) is 69.9 Å². The van der Waals surface area contributed by atoms with Crippen molar-refractivity contribution < 1.29 is 13.2 Å². The molecule has 35 heavy (non-hydrogen) atoms. The second-order valence-corrected chi connectivity index (χ2v) is 11.2. The minimum Gasteiger partial charge on any atom is -0.340 e. The van der Waals surface area contributed by atoms with Crippen LogP contribution in [0.1, 0.15) is 44.1 Å². The summed E-state index contributed by atoms with van der Waals surface area (Å²) < 4.78 is 40.3. The topological polar surface area (TPSA) is 13.0 Å². The molecule has 3 heterocycles. The van der Waals surface area contributed by atoms with Crippen molar-refractivity contribution in [3.63, 3.8) is 0 Å². The number of piperidine rings is 1. The van der Waals surface area contributed by atoms with Gasteiger partial charge in [0.05, 0.1) is 16.9 Å². The molecule has 0 atom stereocenters. The van der Waals surface area contributed by atoms with Gasteiger partial charge in [-0.3, -0.25) is 4.90 Å². The van der Waals surface area contributed by atoms with Crippen molar-refractivity contribution >= 4 is 17.4 Å². The van der Waals surface area contributed by atoms with Gasteiger partial charge in [-0.25, -0.2) is 0 Å². The van der Waals surface area contributed by atoms with E-state index in [2.05, 4.69) is 31.8 Å². The second kappa shape index (κ2) is 11.3. The van der Waals surface area contributed by atoms with Gasteiger partial charge in [-0.1, -0.05) is 30.3 Å². The smallest absolute Gasteiger partial charge is 0.340 e. The molecule has 0 bridgehead atoms. The molecular weight excluding hydrogens is 469 g/mol. The quantitative estimate of drug-likeness (QED) is 0.471. The molecule has 0 unspecified atom stereocenters. The number of allylic oxidation sites excluding steroid dienone is 2. The summed E-state index contributed by atoms with van der Waals surface area (Å²) in [6.07, 6.45) is 7.08. The molecule has 0 amide bonds. The van der Waals surface area contributed by atoms with Crippen LogP contribution in [0.15, 0.2) is 45.8 Å². The van der Waals surface area contributed by atoms with Crippen LogP contribution in [0.25, 0.3) is 0 Å². The molecule has 0 saturated carbocycles. The fraction of sp³-hybridized carbons (Fsp3) is 0.630. The van der Waals surface area contributed by atoms with Crippen molar-refractivity contribution in [1.82, 2.24) is 14.7 Å². The fourth-order valence-corrected chi connectivity index (χ4v) is 6.76. The molecule has 0 aromatic heterocycles. The molecular formula is C27H37F3N4S. The van der Waals surface area contributed by atoms with Crippen molar-refractivity contribution in [2.75, 3.05) is 70.3 Å². The largest absolute Gasteiger partial charge is 0.416 e. The van der Waals surface area contributed by atoms with E-state index in [4.69, 9.17) is 0 Å². The molecule has 3 aliphatic heterocycles. The minimum atomic E-state index is -4.32. The maximum atomic E-state index is 13.4. The van der Waals surface area contributed by atoms with Crippen molar-refractivity contribution in [1.29, 1.82) is 0 Å². The Morgan fingerprint density at radius 1 is 0.743 bits per heavy atom. The molecule has 1 aromatic carbocycles. The number of hydrogen-bond donors (Lipinski definition) is 0. The van der Waals surface area contributed by atoms with Crippen LogP contribution in [0.5, 0.6) is 0 Å². The molecule has 1 aliphatic carbocycles. The lowest BCUT2D eigenvalue weighted by Gasteiger charge is -2.38. The Labute approximate surface area is 211 Å². The number of thioether (sulfide) groups is 1. The van der Waals surface area contributed by atoms with Crippen LogP contribution in [0.4, 0.5) is 18.9 Å². The summed E-state index contributed by atoms with van der Waals surface area (Å²) in [4.78, 5) is 12.0. The molecule has 8 heteroatoms. The zero-order chi connectivity index (χ0) is 24.3. The van der Waals surface area contributed by atoms with E-state index in [1.165, 1.54) is 62.5 Å². The summed E-state index contributed by atoms with van der Waals surface area (Å²) in [6, 6.07) is 4.20. The Kier molecular flexibility index (Phi) is 8.12. The average molecular weight is 507 g/mol. The lowest BCUT2D eigenvalue weighted by atomic mass is 10.1. The van der Waals surface area contributed by atoms with Crippen LogP contribution in [0, 0.1) is 0 Å². The highest BCUT2D eigenvalue weighted by molar-refractivity contribution is 8.03. The summed E-state index contributed by atoms with van der Waals surface area (Å²) >= 11 is 1.60. The number of nitrogens with zero attached hydrogens (tertiary/aromatic N) is 4. The number of alkyl halides is 3. The molecule has 0 N–H and O–H groups in total. The second-order valence-electron chi connectivity index (χ2n) is 10.1. The Morgan fingerprint density at radius 3 is 2.11 bits per heavy atom. The first kappa shape index (κ1) is 25.2. The molecule has 192 valence electrons. The number of rotatable bonds is 7. The van der Waals surface area contributed by atoms with E-state index in [9.17, 15) is 13.2 Å². The highest BCUT2D eigenvalue weighted by Crippen LogP contribution is 2.49. The van der Waals surface area contributed by atoms with E-state index in [0.717, 1.165) is 69.1 Å². The van der Waals surface area contributed by atoms with Crippen LogP contribution < -0.4 is 4.90 Å². The number of fused-ring (bicyclic) bond motifs is 2. The van der Waals surface area contributed by atoms with Gasteiger partial charge in [0, 0.05) is 55.6 Å². The molecule has 4 aliphatic rings. The van der Waals surface area contributed by atoms with Crippen molar-refractivity contribution in [3.05, 3.63) is 46.5 Å². The maximum Gasteiger partial charge on any atom is 0.416 e. The lowest BCUT2D eigenvalue weighted by Crippen LogP contribution is -2.49. The molecule has 2 fully saturated rings. The summed E-state index contributed by atoms with van der Waals surface area (Å²) in [5.74, 6) is 0. The first-order chi connectivity index (χ1) is 17.0. The lowest BCUT2D eigenvalue weighted by molar-refractivity contribution is -0.137. The molecule has 1 aromatic rings. The van der Waals surface area contributed by atoms with Crippen molar-refractivity contribution in [2.45, 2.75) is 49.6 Å². The number of likely N-dealkylation sites (tertiary alicyclic amines) is 1. The SMILES string of the molecule is FC(F)(F)c1ccc2c(c1)N(CCCN1CCN(CCN3CCCCC3)CC1)C1=CCCC=C1S2. The minimum absolute atomic E-state index is 0.564. The number of piperazine rings is 1. The predicted octanol–water partition coefficient (Wildman–Crippen LogP) is 5.67. The first-order valence-electron chi connectivity index (χ1n) is 13.2. The van der Waals surface area contributed by atoms with Gasteiger partial charge in [0.1, 0.15) is 0 Å². The third-order valence-electron chi connectivity index (χ3n) is 7.68. The van der Waals surface area contributed by atoms with Gasteiger partial charge >= 0.3 is 6.18 Å². The highest BCUT2D eigenvalue weighted by Gasteiger charge is 2.34. The Morgan fingerprint density at radius 2 is 1.40 bits per heavy atom. The normalized spacial score (nSPS) is 22.4. The van der Waals surface area contributed by atoms with Crippen LogP contribution >= 0.6 is 11.8 Å². The van der Waals surface area contributed by atoms with Crippen molar-refractivity contribution in [3.8, 4) is 0 Å². The maximum absolute atomic E-state index is 13.4. The summed E-state index contributed by atoms with van der Waals surface area (Å²) in [7, 11) is 0. The van der Waals surface area contributed by atoms with E-state index in [-0.39, 0.29) is 0 Å². The number of benzene rings is 1. The monoisotopic (exact) mass is 506 g/mol. The molecule has 0 radical (unpaired) electrons. The standard InChI is InChI=1S/C27H37F3N4S/c28-27(29,30)22-9-10-26-24(21-22)34(23-7-2-3-8-25(23)35-26)14-6-13-32-16-19-33(20-17-32)18-15-31-11-4-1-5-12-31/h7-10,21H,1-6,11-20H2. The Balaban J connectivity index is 1.15.